The Morgan fingerprint density at radius 2 is 2.24 bits per heavy atom. The van der Waals surface area contributed by atoms with Crippen LogP contribution >= 0.6 is 0 Å². The predicted octanol–water partition coefficient (Wildman–Crippen LogP) is 2.56. The van der Waals surface area contributed by atoms with Crippen molar-refractivity contribution in [3.05, 3.63) is 23.8 Å². The Balaban J connectivity index is 1.98. The van der Waals surface area contributed by atoms with Crippen molar-refractivity contribution in [3.8, 4) is 11.5 Å². The van der Waals surface area contributed by atoms with Crippen molar-refractivity contribution < 1.29 is 14.2 Å². The summed E-state index contributed by atoms with van der Waals surface area (Å²) in [5, 5.41) is 0. The second-order valence-electron chi connectivity index (χ2n) is 5.39. The molecule has 0 radical (unpaired) electrons. The molecule has 5 heteroatoms. The molecular formula is C16H26N2O3. The molecule has 3 N–H and O–H groups in total. The Bertz CT molecular complexity index is 434. The Kier molecular flexibility index (Phi) is 6.29. The molecule has 0 spiro atoms. The summed E-state index contributed by atoms with van der Waals surface area (Å²) in [6.45, 7) is 0.910. The Labute approximate surface area is 126 Å². The van der Waals surface area contributed by atoms with Crippen molar-refractivity contribution in [1.29, 1.82) is 0 Å². The standard InChI is InChI=1S/C16H26N2O3/c1-19-13-8-9-16(20-2)14(11-13)15(18-17)7-3-5-12-6-4-10-21-12/h8-9,11-12,15,18H,3-7,10,17H2,1-2H3. The smallest absolute Gasteiger partial charge is 0.123 e. The number of rotatable bonds is 8. The molecule has 2 atom stereocenters. The highest BCUT2D eigenvalue weighted by molar-refractivity contribution is 5.42. The topological polar surface area (TPSA) is 65.7 Å². The van der Waals surface area contributed by atoms with Crippen LogP contribution in [0.3, 0.4) is 0 Å². The number of nitrogens with one attached hydrogen (secondary N) is 1. The van der Waals surface area contributed by atoms with Crippen LogP contribution in [0.25, 0.3) is 0 Å². The maximum Gasteiger partial charge on any atom is 0.123 e. The molecule has 1 saturated heterocycles. The second kappa shape index (κ2) is 8.22. The van der Waals surface area contributed by atoms with Gasteiger partial charge in [-0.05, 0) is 50.3 Å². The molecule has 21 heavy (non-hydrogen) atoms. The summed E-state index contributed by atoms with van der Waals surface area (Å²) in [7, 11) is 3.33. The van der Waals surface area contributed by atoms with Crippen molar-refractivity contribution in [2.75, 3.05) is 20.8 Å². The van der Waals surface area contributed by atoms with E-state index >= 15 is 0 Å². The number of hydrogen-bond donors (Lipinski definition) is 2. The van der Waals surface area contributed by atoms with E-state index in [1.165, 1.54) is 12.8 Å². The van der Waals surface area contributed by atoms with E-state index in [1.807, 2.05) is 18.2 Å². The lowest BCUT2D eigenvalue weighted by Crippen LogP contribution is -2.28. The number of nitrogens with two attached hydrogens (primary N) is 1. The van der Waals surface area contributed by atoms with E-state index in [0.717, 1.165) is 42.9 Å². The van der Waals surface area contributed by atoms with Crippen LogP contribution in [-0.4, -0.2) is 26.9 Å². The van der Waals surface area contributed by atoms with Gasteiger partial charge in [0.2, 0.25) is 0 Å². The van der Waals surface area contributed by atoms with Gasteiger partial charge in [0.05, 0.1) is 20.3 Å². The van der Waals surface area contributed by atoms with E-state index in [9.17, 15) is 0 Å². The number of ether oxygens (including phenoxy) is 3. The quantitative estimate of drug-likeness (QED) is 0.570. The van der Waals surface area contributed by atoms with E-state index < -0.39 is 0 Å². The zero-order valence-electron chi connectivity index (χ0n) is 12.9. The van der Waals surface area contributed by atoms with Crippen molar-refractivity contribution in [1.82, 2.24) is 5.43 Å². The highest BCUT2D eigenvalue weighted by atomic mass is 16.5. The molecule has 5 nitrogen and oxygen atoms in total. The SMILES string of the molecule is COc1ccc(OC)c(C(CCCC2CCCO2)NN)c1. The van der Waals surface area contributed by atoms with Crippen LogP contribution in [0.2, 0.25) is 0 Å². The molecule has 2 rings (SSSR count). The van der Waals surface area contributed by atoms with Gasteiger partial charge < -0.3 is 14.2 Å². The fourth-order valence-electron chi connectivity index (χ4n) is 2.86. The molecule has 118 valence electrons. The summed E-state index contributed by atoms with van der Waals surface area (Å²) in [4.78, 5) is 0. The maximum atomic E-state index is 5.74. The molecule has 1 aliphatic rings. The summed E-state index contributed by atoms with van der Waals surface area (Å²) >= 11 is 0. The van der Waals surface area contributed by atoms with Crippen LogP contribution in [0.15, 0.2) is 18.2 Å². The van der Waals surface area contributed by atoms with Crippen LogP contribution in [-0.2, 0) is 4.74 Å². The number of hydrogen-bond acceptors (Lipinski definition) is 5. The average molecular weight is 294 g/mol. The van der Waals surface area contributed by atoms with E-state index in [-0.39, 0.29) is 6.04 Å². The van der Waals surface area contributed by atoms with Crippen molar-refractivity contribution in [2.45, 2.75) is 44.2 Å². The Morgan fingerprint density at radius 1 is 1.38 bits per heavy atom. The van der Waals surface area contributed by atoms with E-state index in [0.29, 0.717) is 6.10 Å². The first-order chi connectivity index (χ1) is 10.3. The van der Waals surface area contributed by atoms with Crippen molar-refractivity contribution in [2.24, 2.45) is 5.84 Å². The molecule has 1 aliphatic heterocycles. The highest BCUT2D eigenvalue weighted by Crippen LogP contribution is 2.32. The summed E-state index contributed by atoms with van der Waals surface area (Å²) in [6.07, 6.45) is 5.90. The third kappa shape index (κ3) is 4.33. The molecule has 1 aromatic rings. The molecule has 0 aromatic heterocycles. The van der Waals surface area contributed by atoms with Gasteiger partial charge in [-0.2, -0.15) is 0 Å². The Hall–Kier alpha value is -1.30. The van der Waals surface area contributed by atoms with E-state index in [4.69, 9.17) is 20.1 Å². The van der Waals surface area contributed by atoms with Gasteiger partial charge in [-0.3, -0.25) is 11.3 Å². The van der Waals surface area contributed by atoms with Gasteiger partial charge in [0.25, 0.3) is 0 Å². The van der Waals surface area contributed by atoms with Gasteiger partial charge in [0.1, 0.15) is 11.5 Å². The molecule has 0 saturated carbocycles. The van der Waals surface area contributed by atoms with Crippen LogP contribution < -0.4 is 20.7 Å². The molecule has 1 heterocycles. The van der Waals surface area contributed by atoms with E-state index in [2.05, 4.69) is 5.43 Å². The molecule has 0 bridgehead atoms. The van der Waals surface area contributed by atoms with Gasteiger partial charge in [0.15, 0.2) is 0 Å². The van der Waals surface area contributed by atoms with Gasteiger partial charge in [0, 0.05) is 18.2 Å². The lowest BCUT2D eigenvalue weighted by Gasteiger charge is -2.20. The maximum absolute atomic E-state index is 5.74. The van der Waals surface area contributed by atoms with Crippen LogP contribution in [0, 0.1) is 0 Å². The predicted molar refractivity (Wildman–Crippen MR) is 82.4 cm³/mol. The van der Waals surface area contributed by atoms with Crippen LogP contribution in [0.1, 0.15) is 43.7 Å². The first-order valence-corrected chi connectivity index (χ1v) is 7.58. The molecule has 0 amide bonds. The minimum Gasteiger partial charge on any atom is -0.497 e. The molecule has 0 aliphatic carbocycles. The zero-order chi connectivity index (χ0) is 15.1. The molecule has 2 unspecified atom stereocenters. The van der Waals surface area contributed by atoms with Crippen LogP contribution in [0.4, 0.5) is 0 Å². The molecular weight excluding hydrogens is 268 g/mol. The summed E-state index contributed by atoms with van der Waals surface area (Å²) in [6, 6.07) is 5.84. The number of benzene rings is 1. The van der Waals surface area contributed by atoms with Crippen molar-refractivity contribution in [3.63, 3.8) is 0 Å². The third-order valence-electron chi connectivity index (χ3n) is 4.06. The highest BCUT2D eigenvalue weighted by Gasteiger charge is 2.19. The third-order valence-corrected chi connectivity index (χ3v) is 4.06. The second-order valence-corrected chi connectivity index (χ2v) is 5.39. The monoisotopic (exact) mass is 294 g/mol. The van der Waals surface area contributed by atoms with E-state index in [1.54, 1.807) is 14.2 Å². The first kappa shape index (κ1) is 16.1. The summed E-state index contributed by atoms with van der Waals surface area (Å²) < 4.78 is 16.4. The van der Waals surface area contributed by atoms with Gasteiger partial charge in [-0.15, -0.1) is 0 Å². The fraction of sp³-hybridized carbons (Fsp3) is 0.625. The first-order valence-electron chi connectivity index (χ1n) is 7.58. The van der Waals surface area contributed by atoms with Gasteiger partial charge >= 0.3 is 0 Å². The lowest BCUT2D eigenvalue weighted by atomic mass is 9.98. The fourth-order valence-corrected chi connectivity index (χ4v) is 2.86. The minimum absolute atomic E-state index is 0.0523. The Morgan fingerprint density at radius 3 is 2.86 bits per heavy atom. The normalized spacial score (nSPS) is 19.5. The van der Waals surface area contributed by atoms with Crippen molar-refractivity contribution >= 4 is 0 Å². The average Bonchev–Trinajstić information content (AvgIpc) is 3.04. The lowest BCUT2D eigenvalue weighted by molar-refractivity contribution is 0.101. The van der Waals surface area contributed by atoms with Crippen LogP contribution in [0.5, 0.6) is 11.5 Å². The van der Waals surface area contributed by atoms with Gasteiger partial charge in [-0.1, -0.05) is 0 Å². The minimum atomic E-state index is 0.0523. The molecule has 1 aromatic carbocycles. The number of methoxy groups -OCH3 is 2. The molecule has 1 fully saturated rings. The largest absolute Gasteiger partial charge is 0.497 e. The van der Waals surface area contributed by atoms with Gasteiger partial charge in [-0.25, -0.2) is 0 Å². The zero-order valence-corrected chi connectivity index (χ0v) is 12.9. The number of hydrazine groups is 1. The summed E-state index contributed by atoms with van der Waals surface area (Å²) in [5.74, 6) is 7.38. The summed E-state index contributed by atoms with van der Waals surface area (Å²) in [5.41, 5.74) is 3.93.